The van der Waals surface area contributed by atoms with E-state index in [-0.39, 0.29) is 11.5 Å². The molecule has 0 aromatic carbocycles. The highest BCUT2D eigenvalue weighted by Crippen LogP contribution is 2.58. The average molecular weight is 302 g/mol. The minimum absolute atomic E-state index is 0.00533. The van der Waals surface area contributed by atoms with E-state index in [1.54, 1.807) is 0 Å². The Balaban J connectivity index is 2.01. The van der Waals surface area contributed by atoms with Gasteiger partial charge < -0.3 is 5.11 Å². The SMILES string of the molecule is CCC1C2C=CC3=CC(=O)CCC3C2C(C)CC1(C)C(C)O. The van der Waals surface area contributed by atoms with Crippen molar-refractivity contribution in [3.05, 3.63) is 23.8 Å². The van der Waals surface area contributed by atoms with E-state index in [9.17, 15) is 9.90 Å². The summed E-state index contributed by atoms with van der Waals surface area (Å²) in [6.07, 6.45) is 10.1. The van der Waals surface area contributed by atoms with Crippen LogP contribution in [0.3, 0.4) is 0 Å². The lowest BCUT2D eigenvalue weighted by molar-refractivity contribution is -0.116. The van der Waals surface area contributed by atoms with Gasteiger partial charge in [-0.2, -0.15) is 0 Å². The molecule has 3 rings (SSSR count). The Bertz CT molecular complexity index is 516. The predicted octanol–water partition coefficient (Wildman–Crippen LogP) is 4.15. The van der Waals surface area contributed by atoms with Gasteiger partial charge >= 0.3 is 0 Å². The summed E-state index contributed by atoms with van der Waals surface area (Å²) in [6, 6.07) is 0. The average Bonchev–Trinajstić information content (AvgIpc) is 2.46. The third-order valence-corrected chi connectivity index (χ3v) is 7.00. The summed E-state index contributed by atoms with van der Waals surface area (Å²) >= 11 is 0. The second-order valence-electron chi connectivity index (χ2n) is 8.15. The van der Waals surface area contributed by atoms with Crippen LogP contribution in [0.4, 0.5) is 0 Å². The molecule has 0 amide bonds. The maximum atomic E-state index is 11.7. The molecule has 0 radical (unpaired) electrons. The summed E-state index contributed by atoms with van der Waals surface area (Å²) in [6.45, 7) is 8.87. The van der Waals surface area contributed by atoms with E-state index in [1.807, 2.05) is 13.0 Å². The quantitative estimate of drug-likeness (QED) is 0.832. The number of hydrogen-bond acceptors (Lipinski definition) is 2. The molecule has 0 saturated heterocycles. The van der Waals surface area contributed by atoms with Crippen LogP contribution in [0.2, 0.25) is 0 Å². The van der Waals surface area contributed by atoms with Gasteiger partial charge in [-0.15, -0.1) is 0 Å². The van der Waals surface area contributed by atoms with Crippen LogP contribution < -0.4 is 0 Å². The van der Waals surface area contributed by atoms with E-state index in [0.29, 0.717) is 41.8 Å². The third kappa shape index (κ3) is 2.31. The Morgan fingerprint density at radius 2 is 2.18 bits per heavy atom. The minimum Gasteiger partial charge on any atom is -0.393 e. The number of aliphatic hydroxyl groups excluding tert-OH is 1. The first kappa shape index (κ1) is 16.0. The van der Waals surface area contributed by atoms with Gasteiger partial charge in [-0.1, -0.05) is 39.3 Å². The fourth-order valence-corrected chi connectivity index (χ4v) is 5.85. The molecule has 0 aromatic heterocycles. The minimum atomic E-state index is -0.265. The number of rotatable bonds is 2. The standard InChI is InChI=1S/C20H30O2/c1-5-18-17-8-6-14-10-15(22)7-9-16(14)19(17)12(2)11-20(18,4)13(3)21/h6,8,10,12-13,16-19,21H,5,7,9,11H2,1-4H3. The molecule has 1 saturated carbocycles. The first-order valence-electron chi connectivity index (χ1n) is 8.99. The number of allylic oxidation sites excluding steroid dienone is 4. The number of ketones is 1. The largest absolute Gasteiger partial charge is 0.393 e. The van der Waals surface area contributed by atoms with Gasteiger partial charge in [-0.25, -0.2) is 0 Å². The first-order valence-corrected chi connectivity index (χ1v) is 8.99. The Labute approximate surface area is 134 Å². The summed E-state index contributed by atoms with van der Waals surface area (Å²) in [4.78, 5) is 11.7. The molecule has 0 aliphatic heterocycles. The molecule has 0 aromatic rings. The molecule has 2 nitrogen and oxygen atoms in total. The molecule has 2 heteroatoms. The van der Waals surface area contributed by atoms with Crippen molar-refractivity contribution in [3.8, 4) is 0 Å². The fourth-order valence-electron chi connectivity index (χ4n) is 5.85. The number of fused-ring (bicyclic) bond motifs is 3. The van der Waals surface area contributed by atoms with Crippen molar-refractivity contribution in [2.24, 2.45) is 35.0 Å². The van der Waals surface area contributed by atoms with Crippen molar-refractivity contribution in [1.29, 1.82) is 0 Å². The zero-order valence-corrected chi connectivity index (χ0v) is 14.4. The topological polar surface area (TPSA) is 37.3 Å². The first-order chi connectivity index (χ1) is 10.4. The Kier molecular flexibility index (Phi) is 4.09. The van der Waals surface area contributed by atoms with Crippen LogP contribution in [0.1, 0.15) is 53.4 Å². The van der Waals surface area contributed by atoms with Crippen LogP contribution in [0.25, 0.3) is 0 Å². The second-order valence-corrected chi connectivity index (χ2v) is 8.15. The van der Waals surface area contributed by atoms with Crippen molar-refractivity contribution in [2.45, 2.75) is 59.5 Å². The number of aliphatic hydroxyl groups is 1. The zero-order chi connectivity index (χ0) is 16.1. The number of carbonyl (C=O) groups excluding carboxylic acids is 1. The summed E-state index contributed by atoms with van der Waals surface area (Å²) in [7, 11) is 0. The highest BCUT2D eigenvalue weighted by molar-refractivity contribution is 5.91. The van der Waals surface area contributed by atoms with Crippen LogP contribution in [0.15, 0.2) is 23.8 Å². The van der Waals surface area contributed by atoms with Gasteiger partial charge in [0.15, 0.2) is 5.78 Å². The molecule has 7 atom stereocenters. The monoisotopic (exact) mass is 302 g/mol. The van der Waals surface area contributed by atoms with Gasteiger partial charge in [0.25, 0.3) is 0 Å². The lowest BCUT2D eigenvalue weighted by atomic mass is 9.48. The Hall–Kier alpha value is -0.890. The van der Waals surface area contributed by atoms with Crippen molar-refractivity contribution in [1.82, 2.24) is 0 Å². The molecule has 3 aliphatic rings. The van der Waals surface area contributed by atoms with Gasteiger partial charge in [-0.3, -0.25) is 4.79 Å². The van der Waals surface area contributed by atoms with E-state index < -0.39 is 0 Å². The van der Waals surface area contributed by atoms with Crippen molar-refractivity contribution in [2.75, 3.05) is 0 Å². The van der Waals surface area contributed by atoms with Crippen LogP contribution >= 0.6 is 0 Å². The lowest BCUT2D eigenvalue weighted by Gasteiger charge is -2.56. The van der Waals surface area contributed by atoms with E-state index in [4.69, 9.17) is 0 Å². The van der Waals surface area contributed by atoms with E-state index in [0.717, 1.165) is 19.3 Å². The lowest BCUT2D eigenvalue weighted by Crippen LogP contribution is -2.52. The van der Waals surface area contributed by atoms with Crippen LogP contribution in [0.5, 0.6) is 0 Å². The third-order valence-electron chi connectivity index (χ3n) is 7.00. The summed E-state index contributed by atoms with van der Waals surface area (Å²) in [5.74, 6) is 3.15. The van der Waals surface area contributed by atoms with Gasteiger partial charge in [0.2, 0.25) is 0 Å². The van der Waals surface area contributed by atoms with Gasteiger partial charge in [0, 0.05) is 6.42 Å². The molecule has 0 bridgehead atoms. The Morgan fingerprint density at radius 1 is 1.45 bits per heavy atom. The van der Waals surface area contributed by atoms with E-state index >= 15 is 0 Å². The predicted molar refractivity (Wildman–Crippen MR) is 89.3 cm³/mol. The zero-order valence-electron chi connectivity index (χ0n) is 14.4. The summed E-state index contributed by atoms with van der Waals surface area (Å²) in [5.41, 5.74) is 1.27. The maximum Gasteiger partial charge on any atom is 0.155 e. The fraction of sp³-hybridized carbons (Fsp3) is 0.750. The summed E-state index contributed by atoms with van der Waals surface area (Å²) < 4.78 is 0. The molecule has 3 aliphatic carbocycles. The van der Waals surface area contributed by atoms with Crippen LogP contribution in [-0.2, 0) is 4.79 Å². The van der Waals surface area contributed by atoms with Gasteiger partial charge in [0.1, 0.15) is 0 Å². The smallest absolute Gasteiger partial charge is 0.155 e. The molecule has 122 valence electrons. The molecule has 0 spiro atoms. The molecule has 0 heterocycles. The number of carbonyl (C=O) groups is 1. The molecular formula is C20H30O2. The van der Waals surface area contributed by atoms with Crippen molar-refractivity contribution in [3.63, 3.8) is 0 Å². The highest BCUT2D eigenvalue weighted by atomic mass is 16.3. The summed E-state index contributed by atoms with van der Waals surface area (Å²) in [5, 5.41) is 10.4. The van der Waals surface area contributed by atoms with Crippen LogP contribution in [0, 0.1) is 35.0 Å². The molecule has 1 fully saturated rings. The Morgan fingerprint density at radius 3 is 2.82 bits per heavy atom. The molecule has 1 N–H and O–H groups in total. The van der Waals surface area contributed by atoms with E-state index in [1.165, 1.54) is 5.57 Å². The maximum absolute atomic E-state index is 11.7. The van der Waals surface area contributed by atoms with Gasteiger partial charge in [0.05, 0.1) is 6.10 Å². The van der Waals surface area contributed by atoms with Crippen molar-refractivity contribution >= 4 is 5.78 Å². The molecule has 7 unspecified atom stereocenters. The van der Waals surface area contributed by atoms with Gasteiger partial charge in [-0.05, 0) is 66.4 Å². The van der Waals surface area contributed by atoms with Crippen molar-refractivity contribution < 1.29 is 9.90 Å². The normalized spacial score (nSPS) is 45.8. The molecule has 22 heavy (non-hydrogen) atoms. The second kappa shape index (κ2) is 5.63. The highest BCUT2D eigenvalue weighted by Gasteiger charge is 2.53. The number of hydrogen-bond donors (Lipinski definition) is 1. The van der Waals surface area contributed by atoms with Crippen LogP contribution in [-0.4, -0.2) is 17.0 Å². The molecular weight excluding hydrogens is 272 g/mol. The van der Waals surface area contributed by atoms with E-state index in [2.05, 4.69) is 32.9 Å².